The fraction of sp³-hybridized carbons (Fsp3) is 0.242. The molecule has 0 bridgehead atoms. The number of hydrogen-bond acceptors (Lipinski definition) is 9. The maximum atomic E-state index is 13.7. The number of carbonyl (C=O) groups is 1. The zero-order valence-electron chi connectivity index (χ0n) is 25.8. The van der Waals surface area contributed by atoms with E-state index in [2.05, 4.69) is 46.8 Å². The first kappa shape index (κ1) is 37.5. The number of Topliss-reactive ketones (excluding diaryl/α,β-unsaturated/α-hetero) is 1. The summed E-state index contributed by atoms with van der Waals surface area (Å²) in [6, 6.07) is 15.4. The van der Waals surface area contributed by atoms with E-state index in [4.69, 9.17) is 19.9 Å². The molecule has 0 radical (unpaired) electrons. The topological polar surface area (TPSA) is 131 Å². The lowest BCUT2D eigenvalue weighted by Crippen LogP contribution is -2.20. The number of halogens is 4. The summed E-state index contributed by atoms with van der Waals surface area (Å²) in [6.45, 7) is 7.10. The summed E-state index contributed by atoms with van der Waals surface area (Å²) in [7, 11) is 0. The maximum Gasteiger partial charge on any atom is 0.271 e. The highest BCUT2D eigenvalue weighted by Gasteiger charge is 2.14. The van der Waals surface area contributed by atoms with Crippen LogP contribution in [0.5, 0.6) is 0 Å². The number of anilines is 1. The van der Waals surface area contributed by atoms with Crippen molar-refractivity contribution in [3.8, 4) is 5.69 Å². The molecule has 0 atom stereocenters. The second kappa shape index (κ2) is 19.0. The van der Waals surface area contributed by atoms with Gasteiger partial charge in [0.05, 0.1) is 16.6 Å². The number of rotatable bonds is 10. The summed E-state index contributed by atoms with van der Waals surface area (Å²) in [5, 5.41) is 0.333. The first-order chi connectivity index (χ1) is 22.6. The number of benzene rings is 2. The van der Waals surface area contributed by atoms with Gasteiger partial charge in [-0.2, -0.15) is 0 Å². The van der Waals surface area contributed by atoms with Crippen LogP contribution in [0, 0.1) is 11.6 Å². The Kier molecular flexibility index (Phi) is 15.2. The minimum atomic E-state index is -0.478. The summed E-state index contributed by atoms with van der Waals surface area (Å²) in [5.41, 5.74) is 6.43. The van der Waals surface area contributed by atoms with Crippen molar-refractivity contribution in [1.82, 2.24) is 19.5 Å². The Hall–Kier alpha value is -3.95. The lowest BCUT2D eigenvalue weighted by atomic mass is 10.0. The first-order valence-electron chi connectivity index (χ1n) is 14.4. The minimum absolute atomic E-state index is 0.0327. The molecule has 2 aromatic carbocycles. The monoisotopic (exact) mass is 775 g/mol. The molecule has 2 N–H and O–H groups in total. The van der Waals surface area contributed by atoms with Crippen molar-refractivity contribution in [2.75, 3.05) is 25.6 Å². The maximum absolute atomic E-state index is 13.7. The number of para-hydroxylation sites is 1. The summed E-state index contributed by atoms with van der Waals surface area (Å²) < 4.78 is 44.9. The molecule has 3 aromatic heterocycles. The standard InChI is InChI=1S/C13H7BrFN3O.C13H10BrFN2O.C7H16O3/c14-8-5-9-12(16-6-8)17-7-18(13(9)19)11-4-2-1-3-10(11)15;14-9-6-10(13(16)17-7-9)12(18)5-8-3-1-2-4-11(8)15;1-4-8-7(9-5-2)10-6-3/h1-7H;1-4,6-7H,5H2,(H2,16,17);7H,4-6H2,1-3H3. The van der Waals surface area contributed by atoms with Gasteiger partial charge >= 0.3 is 0 Å². The van der Waals surface area contributed by atoms with Crippen LogP contribution < -0.4 is 11.3 Å². The summed E-state index contributed by atoms with van der Waals surface area (Å²) >= 11 is 6.47. The Morgan fingerprint density at radius 3 is 2.04 bits per heavy atom. The van der Waals surface area contributed by atoms with Gasteiger partial charge in [0.25, 0.3) is 12.0 Å². The van der Waals surface area contributed by atoms with Gasteiger partial charge in [-0.25, -0.2) is 23.7 Å². The average Bonchev–Trinajstić information content (AvgIpc) is 3.05. The lowest BCUT2D eigenvalue weighted by Gasteiger charge is -2.15. The van der Waals surface area contributed by atoms with E-state index in [-0.39, 0.29) is 29.3 Å². The van der Waals surface area contributed by atoms with Crippen LogP contribution in [-0.4, -0.2) is 51.6 Å². The van der Waals surface area contributed by atoms with Gasteiger partial charge in [-0.3, -0.25) is 14.2 Å². The Morgan fingerprint density at radius 2 is 1.43 bits per heavy atom. The number of fused-ring (bicyclic) bond motifs is 1. The van der Waals surface area contributed by atoms with E-state index in [0.717, 1.165) is 0 Å². The third-order valence-electron chi connectivity index (χ3n) is 6.09. The number of hydrogen-bond donors (Lipinski definition) is 1. The van der Waals surface area contributed by atoms with Crippen LogP contribution in [0.15, 0.2) is 93.1 Å². The highest BCUT2D eigenvalue weighted by molar-refractivity contribution is 9.10. The Balaban J connectivity index is 0.000000202. The zero-order chi connectivity index (χ0) is 34.3. The van der Waals surface area contributed by atoms with Crippen molar-refractivity contribution in [2.24, 2.45) is 0 Å². The average molecular weight is 777 g/mol. The molecule has 5 rings (SSSR count). The number of nitrogens with zero attached hydrogens (tertiary/aromatic N) is 4. The zero-order valence-corrected chi connectivity index (χ0v) is 29.0. The van der Waals surface area contributed by atoms with Crippen molar-refractivity contribution in [3.05, 3.63) is 121 Å². The van der Waals surface area contributed by atoms with E-state index < -0.39 is 18.1 Å². The number of nitrogens with two attached hydrogens (primary N) is 1. The fourth-order valence-electron chi connectivity index (χ4n) is 3.94. The van der Waals surface area contributed by atoms with Gasteiger partial charge in [0, 0.05) is 47.6 Å². The van der Waals surface area contributed by atoms with Gasteiger partial charge in [-0.15, -0.1) is 0 Å². The van der Waals surface area contributed by atoms with E-state index in [0.29, 0.717) is 50.9 Å². The third kappa shape index (κ3) is 11.1. The molecule has 0 fully saturated rings. The molecule has 0 aliphatic rings. The highest BCUT2D eigenvalue weighted by atomic mass is 79.9. The lowest BCUT2D eigenvalue weighted by molar-refractivity contribution is -0.282. The van der Waals surface area contributed by atoms with Crippen LogP contribution in [0.4, 0.5) is 14.6 Å². The molecule has 0 aliphatic heterocycles. The van der Waals surface area contributed by atoms with E-state index >= 15 is 0 Å². The van der Waals surface area contributed by atoms with Gasteiger partial charge in [-0.05, 0) is 88.5 Å². The Morgan fingerprint density at radius 1 is 0.851 bits per heavy atom. The van der Waals surface area contributed by atoms with Crippen molar-refractivity contribution in [2.45, 2.75) is 33.7 Å². The van der Waals surface area contributed by atoms with Crippen LogP contribution in [-0.2, 0) is 20.6 Å². The normalized spacial score (nSPS) is 10.6. The number of nitrogen functional groups attached to an aromatic ring is 1. The van der Waals surface area contributed by atoms with E-state index in [9.17, 15) is 18.4 Å². The molecule has 10 nitrogen and oxygen atoms in total. The number of ketones is 1. The van der Waals surface area contributed by atoms with Crippen molar-refractivity contribution >= 4 is 54.5 Å². The molecular weight excluding hydrogens is 744 g/mol. The van der Waals surface area contributed by atoms with Gasteiger partial charge < -0.3 is 19.9 Å². The largest absolute Gasteiger partial charge is 0.383 e. The predicted octanol–water partition coefficient (Wildman–Crippen LogP) is 7.05. The number of ether oxygens (including phenoxy) is 3. The Bertz CT molecular complexity index is 1830. The second-order valence-corrected chi connectivity index (χ2v) is 11.2. The molecule has 0 spiro atoms. The van der Waals surface area contributed by atoms with Gasteiger partial charge in [-0.1, -0.05) is 30.3 Å². The molecule has 0 saturated carbocycles. The summed E-state index contributed by atoms with van der Waals surface area (Å²) in [6.07, 6.45) is 4.32. The SMILES string of the molecule is CCOC(OCC)OCC.Nc1ncc(Br)cc1C(=O)Cc1ccccc1F.O=c1c2cc(Br)cnc2ncn1-c1ccccc1F. The van der Waals surface area contributed by atoms with Crippen molar-refractivity contribution in [1.29, 1.82) is 0 Å². The molecule has 3 heterocycles. The van der Waals surface area contributed by atoms with E-state index in [1.165, 1.54) is 35.3 Å². The molecular formula is C33H33Br2F2N5O5. The summed E-state index contributed by atoms with van der Waals surface area (Å²) in [5.74, 6) is -0.980. The quantitative estimate of drug-likeness (QED) is 0.117. The smallest absolute Gasteiger partial charge is 0.271 e. The molecule has 14 heteroatoms. The van der Waals surface area contributed by atoms with E-state index in [1.807, 2.05) is 20.8 Å². The van der Waals surface area contributed by atoms with Crippen LogP contribution in [0.3, 0.4) is 0 Å². The second-order valence-electron chi connectivity index (χ2n) is 9.33. The van der Waals surface area contributed by atoms with Gasteiger partial charge in [0.2, 0.25) is 0 Å². The van der Waals surface area contributed by atoms with Crippen LogP contribution in [0.1, 0.15) is 36.7 Å². The van der Waals surface area contributed by atoms with Crippen LogP contribution in [0.25, 0.3) is 16.7 Å². The van der Waals surface area contributed by atoms with Gasteiger partial charge in [0.1, 0.15) is 23.8 Å². The molecule has 5 aromatic rings. The highest BCUT2D eigenvalue weighted by Crippen LogP contribution is 2.19. The van der Waals surface area contributed by atoms with Gasteiger partial charge in [0.15, 0.2) is 11.4 Å². The third-order valence-corrected chi connectivity index (χ3v) is 6.96. The van der Waals surface area contributed by atoms with E-state index in [1.54, 1.807) is 48.7 Å². The Labute approximate surface area is 287 Å². The molecule has 0 aliphatic carbocycles. The molecule has 0 amide bonds. The van der Waals surface area contributed by atoms with Crippen LogP contribution in [0.2, 0.25) is 0 Å². The molecule has 0 unspecified atom stereocenters. The predicted molar refractivity (Wildman–Crippen MR) is 182 cm³/mol. The van der Waals surface area contributed by atoms with Crippen molar-refractivity contribution in [3.63, 3.8) is 0 Å². The number of pyridine rings is 2. The van der Waals surface area contributed by atoms with Crippen LogP contribution >= 0.6 is 31.9 Å². The molecule has 0 saturated heterocycles. The number of aromatic nitrogens is 4. The van der Waals surface area contributed by atoms with Crippen molar-refractivity contribution < 1.29 is 27.8 Å². The molecule has 248 valence electrons. The number of carbonyl (C=O) groups excluding carboxylic acids is 1. The minimum Gasteiger partial charge on any atom is -0.383 e. The first-order valence-corrected chi connectivity index (χ1v) is 16.0. The molecule has 47 heavy (non-hydrogen) atoms. The summed E-state index contributed by atoms with van der Waals surface area (Å²) in [4.78, 5) is 36.3. The fourth-order valence-corrected chi connectivity index (χ4v) is 4.60.